The number of hydrogen-bond acceptors (Lipinski definition) is 0. The van der Waals surface area contributed by atoms with Gasteiger partial charge in [-0.05, 0) is 26.7 Å². The van der Waals surface area contributed by atoms with Crippen molar-refractivity contribution < 1.29 is 215 Å². The Morgan fingerprint density at radius 3 is 0.440 bits per heavy atom. The predicted molar refractivity (Wildman–Crippen MR) is 262 cm³/mol. The van der Waals surface area contributed by atoms with Crippen LogP contribution >= 0.6 is 0 Å². The van der Waals surface area contributed by atoms with Gasteiger partial charge in [0.2, 0.25) is 0 Å². The normalized spacial score (nSPS) is 17.3. The van der Waals surface area contributed by atoms with Crippen molar-refractivity contribution in [3.63, 3.8) is 0 Å². The third-order valence-corrected chi connectivity index (χ3v) is 13.4. The van der Waals surface area contributed by atoms with Crippen LogP contribution in [0.5, 0.6) is 0 Å². The van der Waals surface area contributed by atoms with Gasteiger partial charge in [0.25, 0.3) is 11.8 Å². The summed E-state index contributed by atoms with van der Waals surface area (Å²) in [5.41, 5.74) is 0. The summed E-state index contributed by atoms with van der Waals surface area (Å²) in [5, 5.41) is 0. The third-order valence-electron chi connectivity index (χ3n) is 13.4. The van der Waals surface area contributed by atoms with Crippen LogP contribution < -0.4 is 0 Å². The summed E-state index contributed by atoms with van der Waals surface area (Å²) in [4.78, 5) is 0. The first-order valence-corrected chi connectivity index (χ1v) is 26.4. The zero-order chi connectivity index (χ0) is 82.4. The van der Waals surface area contributed by atoms with Gasteiger partial charge in [0.05, 0.1) is 65.6 Å². The standard InChI is InChI=1S/C7H7F9.5C6H8F6.2C6H9F5.2CH4/c1-3(6(11,12)13)4(7(14,15)16)2-5(8,9)10;2*1-4(6(10,11)12)2-3-5(7,8)9;3*1-3(5(7,8)9)4(2)6(10,11)12;2*1-3-5(7,8)4(2)6(9,10)11;;/h3-4H,2H2,1H3;2*4H,2-3H2,1H3;3*3-4H,1-2H3;2*4H,3H2,1-2H3;2*1H4. The lowest BCUT2D eigenvalue weighted by molar-refractivity contribution is -0.272. The maximum Gasteiger partial charge on any atom is 0.397 e. The highest BCUT2D eigenvalue weighted by Crippen LogP contribution is 2.48. The fourth-order valence-electron chi connectivity index (χ4n) is 4.93. The number of alkyl halides is 49. The van der Waals surface area contributed by atoms with Crippen LogP contribution in [0, 0.1) is 71.0 Å². The van der Waals surface area contributed by atoms with E-state index in [-0.39, 0.29) is 21.8 Å². The predicted octanol–water partition coefficient (Wildman–Crippen LogP) is 29.3. The van der Waals surface area contributed by atoms with Crippen molar-refractivity contribution in [3.8, 4) is 0 Å². The summed E-state index contributed by atoms with van der Waals surface area (Å²) in [7, 11) is 0. The Bertz CT molecular complexity index is 1830. The first kappa shape index (κ1) is 118. The lowest BCUT2D eigenvalue weighted by Crippen LogP contribution is -2.39. The van der Waals surface area contributed by atoms with Crippen molar-refractivity contribution in [3.05, 3.63) is 0 Å². The molecule has 0 aromatic heterocycles. The molecule has 0 fully saturated rings. The second kappa shape index (κ2) is 42.6. The minimum absolute atomic E-state index is 0. The van der Waals surface area contributed by atoms with Gasteiger partial charge in [0.15, 0.2) is 0 Å². The molecule has 0 aromatic rings. The summed E-state index contributed by atoms with van der Waals surface area (Å²) in [5.74, 6) is -36.8. The van der Waals surface area contributed by atoms with Crippen molar-refractivity contribution in [1.82, 2.24) is 0 Å². The first-order chi connectivity index (χ1) is 41.6. The van der Waals surface area contributed by atoms with E-state index in [0.29, 0.717) is 55.4 Å². The van der Waals surface area contributed by atoms with Gasteiger partial charge in [0, 0.05) is 25.7 Å². The molecule has 620 valence electrons. The number of rotatable bonds is 13. The van der Waals surface area contributed by atoms with Crippen molar-refractivity contribution in [2.75, 3.05) is 0 Å². The summed E-state index contributed by atoms with van der Waals surface area (Å²) in [6.45, 7) is 7.77. The second-order valence-corrected chi connectivity index (χ2v) is 21.2. The van der Waals surface area contributed by atoms with Crippen LogP contribution in [-0.2, 0) is 0 Å². The molecule has 0 bridgehead atoms. The molecule has 0 amide bonds. The molecule has 0 nitrogen and oxygen atoms in total. The lowest BCUT2D eigenvalue weighted by Gasteiger charge is -2.28. The molecule has 49 heteroatoms. The summed E-state index contributed by atoms with van der Waals surface area (Å²) in [6, 6.07) is 0. The average Bonchev–Trinajstić information content (AvgIpc) is 0.837. The molecule has 100 heavy (non-hydrogen) atoms. The SMILES string of the molecule is C.C.CC(C(C)C(F)(F)F)C(F)(F)F.CC(C(C)C(F)(F)F)C(F)(F)F.CC(C(C)C(F)(F)F)C(F)(F)F.CC(C(CC(F)(F)F)C(F)(F)F)C(F)(F)F.CC(CCC(F)(F)F)C(F)(F)F.CC(CCC(F)(F)F)C(F)(F)F.CCC(F)(F)C(C)C(F)(F)F.CCC(F)(F)C(C)C(F)(F)F. The molecule has 0 radical (unpaired) electrons. The van der Waals surface area contributed by atoms with Gasteiger partial charge in [-0.2, -0.15) is 198 Å². The highest BCUT2D eigenvalue weighted by atomic mass is 19.5. The molecule has 0 N–H and O–H groups in total. The van der Waals surface area contributed by atoms with Gasteiger partial charge in [-0.15, -0.1) is 0 Å². The molecule has 0 aliphatic rings. The molecule has 0 saturated heterocycles. The molecule has 0 aliphatic heterocycles. The van der Waals surface area contributed by atoms with E-state index in [1.807, 2.05) is 0 Å². The van der Waals surface area contributed by atoms with Crippen LogP contribution in [0.3, 0.4) is 0 Å². The molecular weight excluding hydrogens is 1540 g/mol. The van der Waals surface area contributed by atoms with Crippen LogP contribution in [0.15, 0.2) is 0 Å². The quantitative estimate of drug-likeness (QED) is 0.161. The zero-order valence-electron chi connectivity index (χ0n) is 51.9. The molecule has 0 spiro atoms. The van der Waals surface area contributed by atoms with Crippen LogP contribution in [-0.4, -0.2) is 104 Å². The average molecular weight is 1620 g/mol. The van der Waals surface area contributed by atoms with E-state index in [1.54, 1.807) is 0 Å². The van der Waals surface area contributed by atoms with Gasteiger partial charge >= 0.3 is 92.6 Å². The topological polar surface area (TPSA) is 0 Å². The molecule has 0 aliphatic carbocycles. The van der Waals surface area contributed by atoms with E-state index in [4.69, 9.17) is 0 Å². The van der Waals surface area contributed by atoms with Crippen molar-refractivity contribution in [2.45, 2.75) is 254 Å². The Hall–Kier alpha value is -3.43. The van der Waals surface area contributed by atoms with Gasteiger partial charge < -0.3 is 0 Å². The van der Waals surface area contributed by atoms with E-state index in [2.05, 4.69) is 0 Å². The van der Waals surface area contributed by atoms with Crippen molar-refractivity contribution >= 4 is 0 Å². The molecule has 0 aromatic carbocycles. The van der Waals surface area contributed by atoms with Crippen molar-refractivity contribution in [2.24, 2.45) is 71.0 Å². The molecule has 0 rings (SSSR count). The number of halogens is 49. The largest absolute Gasteiger partial charge is 0.397 e. The zero-order valence-corrected chi connectivity index (χ0v) is 51.9. The fourth-order valence-corrected chi connectivity index (χ4v) is 4.93. The summed E-state index contributed by atoms with van der Waals surface area (Å²) >= 11 is 0. The van der Waals surface area contributed by atoms with E-state index in [1.165, 1.54) is 0 Å². The monoisotopic (exact) mass is 1620 g/mol. The summed E-state index contributed by atoms with van der Waals surface area (Å²) in [6.07, 6.45) is -81.2. The Kier molecular flexibility index (Phi) is 50.2. The number of hydrogen-bond donors (Lipinski definition) is 0. The highest BCUT2D eigenvalue weighted by Gasteiger charge is 2.58. The van der Waals surface area contributed by atoms with Gasteiger partial charge in [-0.25, -0.2) is 17.6 Å². The maximum absolute atomic E-state index is 12.3. The van der Waals surface area contributed by atoms with E-state index in [0.717, 1.165) is 27.7 Å². The minimum Gasteiger partial charge on any atom is -0.206 e. The van der Waals surface area contributed by atoms with E-state index >= 15 is 0 Å². The third kappa shape index (κ3) is 57.9. The second-order valence-electron chi connectivity index (χ2n) is 21.2. The van der Waals surface area contributed by atoms with Crippen LogP contribution in [0.2, 0.25) is 0 Å². The fraction of sp³-hybridized carbons (Fsp3) is 1.00. The van der Waals surface area contributed by atoms with Gasteiger partial charge in [-0.1, -0.05) is 91.0 Å². The van der Waals surface area contributed by atoms with Gasteiger partial charge in [-0.3, -0.25) is 0 Å². The molecular formula is C51H73F49. The van der Waals surface area contributed by atoms with Crippen molar-refractivity contribution in [1.29, 1.82) is 0 Å². The van der Waals surface area contributed by atoms with Crippen LogP contribution in [0.25, 0.3) is 0 Å². The Morgan fingerprint density at radius 2 is 0.360 bits per heavy atom. The molecule has 0 saturated carbocycles. The molecule has 12 atom stereocenters. The van der Waals surface area contributed by atoms with E-state index < -0.39 is 220 Å². The van der Waals surface area contributed by atoms with Gasteiger partial charge in [0.1, 0.15) is 11.8 Å². The highest BCUT2D eigenvalue weighted by molar-refractivity contribution is 4.82. The Labute approximate surface area is 540 Å². The first-order valence-electron chi connectivity index (χ1n) is 26.4. The lowest BCUT2D eigenvalue weighted by atomic mass is 9.89. The molecule has 0 heterocycles. The summed E-state index contributed by atoms with van der Waals surface area (Å²) < 4.78 is 576. The van der Waals surface area contributed by atoms with E-state index in [9.17, 15) is 215 Å². The maximum atomic E-state index is 12.3. The minimum atomic E-state index is -5.54. The molecule has 12 unspecified atom stereocenters. The Morgan fingerprint density at radius 1 is 0.200 bits per heavy atom. The van der Waals surface area contributed by atoms with Crippen LogP contribution in [0.4, 0.5) is 215 Å². The Balaban J connectivity index is -0.000000116. The van der Waals surface area contributed by atoms with Crippen LogP contribution in [0.1, 0.15) is 150 Å². The smallest absolute Gasteiger partial charge is 0.206 e.